The number of nitrogens with one attached hydrogen (secondary N) is 1. The lowest BCUT2D eigenvalue weighted by Gasteiger charge is -2.10. The van der Waals surface area contributed by atoms with E-state index in [-0.39, 0.29) is 5.69 Å². The van der Waals surface area contributed by atoms with Gasteiger partial charge in [-0.2, -0.15) is 0 Å². The Kier molecular flexibility index (Phi) is 3.28. The number of nitro benzene ring substituents is 1. The van der Waals surface area contributed by atoms with Gasteiger partial charge >= 0.3 is 5.97 Å². The number of fused-ring (bicyclic) bond motifs is 1. The third-order valence-corrected chi connectivity index (χ3v) is 2.62. The fraction of sp³-hybridized carbons (Fsp3) is 0.167. The highest BCUT2D eigenvalue weighted by molar-refractivity contribution is 5.83. The highest BCUT2D eigenvalue weighted by Gasteiger charge is 2.12. The predicted molar refractivity (Wildman–Crippen MR) is 69.1 cm³/mol. The number of aromatic nitrogens is 1. The minimum absolute atomic E-state index is 0.00564. The van der Waals surface area contributed by atoms with Crippen LogP contribution < -0.4 is 5.32 Å². The lowest BCUT2D eigenvalue weighted by Crippen LogP contribution is -2.25. The lowest BCUT2D eigenvalue weighted by molar-refractivity contribution is -0.384. The van der Waals surface area contributed by atoms with Crippen LogP contribution in [0.2, 0.25) is 0 Å². The zero-order valence-electron chi connectivity index (χ0n) is 10.0. The molecule has 0 saturated carbocycles. The van der Waals surface area contributed by atoms with Gasteiger partial charge in [0.2, 0.25) is 0 Å². The summed E-state index contributed by atoms with van der Waals surface area (Å²) in [5.41, 5.74) is 0.558. The first-order valence-corrected chi connectivity index (χ1v) is 5.52. The van der Waals surface area contributed by atoms with Crippen LogP contribution in [0.1, 0.15) is 6.92 Å². The molecule has 0 radical (unpaired) electrons. The van der Waals surface area contributed by atoms with E-state index < -0.39 is 16.9 Å². The van der Waals surface area contributed by atoms with Crippen molar-refractivity contribution in [2.45, 2.75) is 13.0 Å². The second-order valence-electron chi connectivity index (χ2n) is 4.03. The van der Waals surface area contributed by atoms with Crippen LogP contribution in [0.3, 0.4) is 0 Å². The molecule has 0 amide bonds. The van der Waals surface area contributed by atoms with Gasteiger partial charge in [0.05, 0.1) is 10.4 Å². The van der Waals surface area contributed by atoms with Crippen molar-refractivity contribution in [2.75, 3.05) is 5.32 Å². The van der Waals surface area contributed by atoms with E-state index in [4.69, 9.17) is 5.11 Å². The van der Waals surface area contributed by atoms with Crippen molar-refractivity contribution in [2.24, 2.45) is 0 Å². The molecule has 7 nitrogen and oxygen atoms in total. The number of rotatable bonds is 4. The van der Waals surface area contributed by atoms with Crippen LogP contribution in [0, 0.1) is 10.1 Å². The first-order valence-electron chi connectivity index (χ1n) is 5.52. The third-order valence-electron chi connectivity index (χ3n) is 2.62. The van der Waals surface area contributed by atoms with Gasteiger partial charge in [0.1, 0.15) is 11.9 Å². The van der Waals surface area contributed by atoms with Crippen molar-refractivity contribution in [3.8, 4) is 0 Å². The van der Waals surface area contributed by atoms with Crippen LogP contribution >= 0.6 is 0 Å². The van der Waals surface area contributed by atoms with Crippen molar-refractivity contribution < 1.29 is 14.8 Å². The van der Waals surface area contributed by atoms with Crippen molar-refractivity contribution >= 4 is 28.4 Å². The summed E-state index contributed by atoms with van der Waals surface area (Å²) in [5.74, 6) is -0.568. The number of carbonyl (C=O) groups is 1. The molecule has 1 atom stereocenters. The number of nitrogens with zero attached hydrogens (tertiary/aromatic N) is 2. The minimum Gasteiger partial charge on any atom is -0.480 e. The molecule has 1 heterocycles. The van der Waals surface area contributed by atoms with Gasteiger partial charge in [0.15, 0.2) is 0 Å². The normalized spacial score (nSPS) is 12.1. The molecular weight excluding hydrogens is 250 g/mol. The van der Waals surface area contributed by atoms with Crippen LogP contribution in [0.5, 0.6) is 0 Å². The molecule has 0 spiro atoms. The van der Waals surface area contributed by atoms with E-state index in [0.717, 1.165) is 0 Å². The van der Waals surface area contributed by atoms with E-state index >= 15 is 0 Å². The van der Waals surface area contributed by atoms with E-state index in [1.807, 2.05) is 0 Å². The van der Waals surface area contributed by atoms with Crippen molar-refractivity contribution in [3.05, 3.63) is 40.4 Å². The van der Waals surface area contributed by atoms with E-state index in [1.165, 1.54) is 25.1 Å². The highest BCUT2D eigenvalue weighted by atomic mass is 16.6. The van der Waals surface area contributed by atoms with E-state index in [1.54, 1.807) is 12.1 Å². The molecule has 0 saturated heterocycles. The molecule has 0 aliphatic carbocycles. The number of carboxylic acids is 1. The zero-order chi connectivity index (χ0) is 14.0. The number of aliphatic carboxylic acids is 1. The van der Waals surface area contributed by atoms with Crippen LogP contribution in [-0.4, -0.2) is 27.0 Å². The molecule has 0 bridgehead atoms. The molecule has 0 aliphatic heterocycles. The van der Waals surface area contributed by atoms with Gasteiger partial charge in [-0.1, -0.05) is 0 Å². The van der Waals surface area contributed by atoms with E-state index in [2.05, 4.69) is 10.3 Å². The summed E-state index contributed by atoms with van der Waals surface area (Å²) < 4.78 is 0. The number of hydrogen-bond donors (Lipinski definition) is 2. The second kappa shape index (κ2) is 4.89. The van der Waals surface area contributed by atoms with Crippen LogP contribution in [-0.2, 0) is 4.79 Å². The molecule has 0 fully saturated rings. The Bertz CT molecular complexity index is 656. The number of carboxylic acid groups (broad SMARTS) is 1. The Hall–Kier alpha value is -2.70. The lowest BCUT2D eigenvalue weighted by atomic mass is 10.2. The Morgan fingerprint density at radius 2 is 2.16 bits per heavy atom. The van der Waals surface area contributed by atoms with Crippen molar-refractivity contribution in [1.82, 2.24) is 4.98 Å². The smallest absolute Gasteiger partial charge is 0.325 e. The standard InChI is InChI=1S/C12H11N3O4/c1-7(12(16)17)13-11-5-2-8-6-9(15(18)19)3-4-10(8)14-11/h2-7H,1H3,(H,13,14)(H,16,17). The molecule has 1 aromatic carbocycles. The summed E-state index contributed by atoms with van der Waals surface area (Å²) in [6.07, 6.45) is 0. The quantitative estimate of drug-likeness (QED) is 0.644. The average molecular weight is 261 g/mol. The summed E-state index contributed by atoms with van der Waals surface area (Å²) in [4.78, 5) is 25.1. The second-order valence-corrected chi connectivity index (χ2v) is 4.03. The first kappa shape index (κ1) is 12.7. The molecule has 2 aromatic rings. The fourth-order valence-corrected chi connectivity index (χ4v) is 1.59. The molecular formula is C12H11N3O4. The fourth-order valence-electron chi connectivity index (χ4n) is 1.59. The van der Waals surface area contributed by atoms with E-state index in [9.17, 15) is 14.9 Å². The number of anilines is 1. The van der Waals surface area contributed by atoms with Crippen LogP contribution in [0.25, 0.3) is 10.9 Å². The van der Waals surface area contributed by atoms with Crippen LogP contribution in [0.15, 0.2) is 30.3 Å². The Morgan fingerprint density at radius 3 is 2.79 bits per heavy atom. The number of hydrogen-bond acceptors (Lipinski definition) is 5. The molecule has 2 N–H and O–H groups in total. The Balaban J connectivity index is 2.34. The number of non-ortho nitro benzene ring substituents is 1. The molecule has 2 rings (SSSR count). The molecule has 1 aromatic heterocycles. The van der Waals surface area contributed by atoms with Gasteiger partial charge in [-0.05, 0) is 25.1 Å². The highest BCUT2D eigenvalue weighted by Crippen LogP contribution is 2.21. The molecule has 19 heavy (non-hydrogen) atoms. The van der Waals surface area contributed by atoms with Crippen molar-refractivity contribution in [1.29, 1.82) is 0 Å². The Morgan fingerprint density at radius 1 is 1.42 bits per heavy atom. The summed E-state index contributed by atoms with van der Waals surface area (Å²) in [6, 6.07) is 6.80. The van der Waals surface area contributed by atoms with Gasteiger partial charge in [0.25, 0.3) is 5.69 Å². The maximum absolute atomic E-state index is 10.7. The minimum atomic E-state index is -0.981. The predicted octanol–water partition coefficient (Wildman–Crippen LogP) is 2.03. The van der Waals surface area contributed by atoms with Crippen molar-refractivity contribution in [3.63, 3.8) is 0 Å². The summed E-state index contributed by atoms with van der Waals surface area (Å²) in [6.45, 7) is 1.50. The maximum atomic E-state index is 10.7. The summed E-state index contributed by atoms with van der Waals surface area (Å²) in [7, 11) is 0. The van der Waals surface area contributed by atoms with Crippen LogP contribution in [0.4, 0.5) is 11.5 Å². The number of pyridine rings is 1. The summed E-state index contributed by atoms with van der Waals surface area (Å²) >= 11 is 0. The topological polar surface area (TPSA) is 105 Å². The maximum Gasteiger partial charge on any atom is 0.325 e. The molecule has 98 valence electrons. The van der Waals surface area contributed by atoms with Gasteiger partial charge in [-0.25, -0.2) is 4.98 Å². The van der Waals surface area contributed by atoms with Gasteiger partial charge in [-0.15, -0.1) is 0 Å². The van der Waals surface area contributed by atoms with Gasteiger partial charge < -0.3 is 10.4 Å². The van der Waals surface area contributed by atoms with Gasteiger partial charge in [0, 0.05) is 17.5 Å². The van der Waals surface area contributed by atoms with E-state index in [0.29, 0.717) is 16.7 Å². The average Bonchev–Trinajstić information content (AvgIpc) is 2.37. The first-order chi connectivity index (χ1) is 8.97. The zero-order valence-corrected chi connectivity index (χ0v) is 10.0. The number of nitro groups is 1. The van der Waals surface area contributed by atoms with Gasteiger partial charge in [-0.3, -0.25) is 14.9 Å². The summed E-state index contributed by atoms with van der Waals surface area (Å²) in [5, 5.41) is 22.8. The SMILES string of the molecule is CC(Nc1ccc2cc([N+](=O)[O-])ccc2n1)C(=O)O. The number of benzene rings is 1. The molecule has 1 unspecified atom stereocenters. The molecule has 0 aliphatic rings. The third kappa shape index (κ3) is 2.76. The monoisotopic (exact) mass is 261 g/mol. The largest absolute Gasteiger partial charge is 0.480 e. The Labute approximate surface area is 108 Å². The molecule has 7 heteroatoms.